The zero-order chi connectivity index (χ0) is 15.1. The van der Waals surface area contributed by atoms with Crippen LogP contribution in [0.4, 0.5) is 11.4 Å². The Morgan fingerprint density at radius 3 is 2.50 bits per heavy atom. The number of anilines is 2. The molecule has 1 unspecified atom stereocenters. The number of ether oxygens (including phenoxy) is 2. The molecule has 0 saturated heterocycles. The number of benzene rings is 1. The van der Waals surface area contributed by atoms with Crippen molar-refractivity contribution in [2.24, 2.45) is 5.73 Å². The van der Waals surface area contributed by atoms with E-state index in [4.69, 9.17) is 15.2 Å². The molecule has 0 aliphatic carbocycles. The molecule has 2 amide bonds. The van der Waals surface area contributed by atoms with Crippen LogP contribution in [-0.4, -0.2) is 38.7 Å². The summed E-state index contributed by atoms with van der Waals surface area (Å²) in [5, 5.41) is 5.28. The lowest BCUT2D eigenvalue weighted by Crippen LogP contribution is -2.36. The Kier molecular flexibility index (Phi) is 5.95. The third kappa shape index (κ3) is 4.22. The Morgan fingerprint density at radius 1 is 1.30 bits per heavy atom. The number of nitrogens with two attached hydrogens (primary N) is 1. The van der Waals surface area contributed by atoms with Crippen LogP contribution in [0.5, 0.6) is 5.75 Å². The fourth-order valence-corrected chi connectivity index (χ4v) is 1.61. The number of carbonyl (C=O) groups is 2. The van der Waals surface area contributed by atoms with Crippen LogP contribution in [0.2, 0.25) is 0 Å². The lowest BCUT2D eigenvalue weighted by atomic mass is 10.2. The molecular weight excluding hydrogens is 262 g/mol. The molecule has 0 fully saturated rings. The molecule has 1 aromatic rings. The van der Waals surface area contributed by atoms with Gasteiger partial charge in [0, 0.05) is 26.3 Å². The van der Waals surface area contributed by atoms with Gasteiger partial charge in [-0.05, 0) is 18.2 Å². The maximum atomic E-state index is 11.9. The van der Waals surface area contributed by atoms with Crippen LogP contribution in [0.3, 0.4) is 0 Å². The predicted octanol–water partition coefficient (Wildman–Crippen LogP) is 0.566. The highest BCUT2D eigenvalue weighted by atomic mass is 16.5. The number of nitrogens with one attached hydrogen (secondary N) is 2. The van der Waals surface area contributed by atoms with E-state index in [0.717, 1.165) is 0 Å². The van der Waals surface area contributed by atoms with Crippen LogP contribution < -0.4 is 21.1 Å². The molecule has 0 radical (unpaired) electrons. The van der Waals surface area contributed by atoms with Gasteiger partial charge in [0.2, 0.25) is 5.91 Å². The van der Waals surface area contributed by atoms with Gasteiger partial charge in [-0.2, -0.15) is 0 Å². The highest BCUT2D eigenvalue weighted by molar-refractivity contribution is 5.97. The third-order valence-corrected chi connectivity index (χ3v) is 2.57. The van der Waals surface area contributed by atoms with E-state index in [1.165, 1.54) is 21.1 Å². The van der Waals surface area contributed by atoms with Crippen molar-refractivity contribution in [3.8, 4) is 5.75 Å². The molecule has 7 heteroatoms. The van der Waals surface area contributed by atoms with Gasteiger partial charge in [0.25, 0.3) is 5.91 Å². The maximum Gasteiger partial charge on any atom is 0.254 e. The minimum Gasteiger partial charge on any atom is -0.495 e. The summed E-state index contributed by atoms with van der Waals surface area (Å²) < 4.78 is 10.1. The number of amides is 2. The zero-order valence-corrected chi connectivity index (χ0v) is 11.7. The Balaban J connectivity index is 2.96. The topological polar surface area (TPSA) is 103 Å². The van der Waals surface area contributed by atoms with Crippen LogP contribution in [0.25, 0.3) is 0 Å². The first kappa shape index (κ1) is 15.9. The van der Waals surface area contributed by atoms with Gasteiger partial charge < -0.3 is 25.8 Å². The largest absolute Gasteiger partial charge is 0.495 e. The molecule has 0 bridgehead atoms. The molecule has 1 rings (SSSR count). The predicted molar refractivity (Wildman–Crippen MR) is 75.8 cm³/mol. The standard InChI is InChI=1S/C13H19N3O4/c1-8(17)15-9-4-5-11(19-2)10(6-9)16-13(18)12(7-14)20-3/h4-6,12H,7,14H2,1-3H3,(H,15,17)(H,16,18). The van der Waals surface area contributed by atoms with Crippen LogP contribution in [-0.2, 0) is 14.3 Å². The second-order valence-electron chi connectivity index (χ2n) is 4.05. The van der Waals surface area contributed by atoms with E-state index in [-0.39, 0.29) is 18.4 Å². The maximum absolute atomic E-state index is 11.9. The van der Waals surface area contributed by atoms with Gasteiger partial charge in [0.05, 0.1) is 12.8 Å². The van der Waals surface area contributed by atoms with Crippen LogP contribution >= 0.6 is 0 Å². The van der Waals surface area contributed by atoms with Crippen molar-refractivity contribution in [3.63, 3.8) is 0 Å². The van der Waals surface area contributed by atoms with E-state index in [9.17, 15) is 9.59 Å². The Morgan fingerprint density at radius 2 is 2.00 bits per heavy atom. The summed E-state index contributed by atoms with van der Waals surface area (Å²) in [6.07, 6.45) is -0.746. The Bertz CT molecular complexity index is 487. The molecule has 0 aromatic heterocycles. The first-order chi connectivity index (χ1) is 9.51. The van der Waals surface area contributed by atoms with Gasteiger partial charge in [0.15, 0.2) is 0 Å². The van der Waals surface area contributed by atoms with E-state index in [1.54, 1.807) is 18.2 Å². The van der Waals surface area contributed by atoms with E-state index >= 15 is 0 Å². The van der Waals surface area contributed by atoms with E-state index in [0.29, 0.717) is 17.1 Å². The van der Waals surface area contributed by atoms with Crippen LogP contribution in [0.1, 0.15) is 6.92 Å². The van der Waals surface area contributed by atoms with Crippen molar-refractivity contribution in [1.29, 1.82) is 0 Å². The summed E-state index contributed by atoms with van der Waals surface area (Å²) in [5.74, 6) is -0.114. The van der Waals surface area contributed by atoms with Crippen molar-refractivity contribution in [3.05, 3.63) is 18.2 Å². The molecule has 0 spiro atoms. The van der Waals surface area contributed by atoms with Crippen molar-refractivity contribution in [1.82, 2.24) is 0 Å². The summed E-state index contributed by atoms with van der Waals surface area (Å²) >= 11 is 0. The first-order valence-corrected chi connectivity index (χ1v) is 6.01. The molecule has 4 N–H and O–H groups in total. The van der Waals surface area contributed by atoms with Gasteiger partial charge in [-0.1, -0.05) is 0 Å². The van der Waals surface area contributed by atoms with Crippen LogP contribution in [0, 0.1) is 0 Å². The van der Waals surface area contributed by atoms with Gasteiger partial charge in [0.1, 0.15) is 11.9 Å². The number of methoxy groups -OCH3 is 2. The number of rotatable bonds is 6. The average Bonchev–Trinajstić information content (AvgIpc) is 2.39. The Labute approximate surface area is 117 Å². The Hall–Kier alpha value is -2.12. The lowest BCUT2D eigenvalue weighted by Gasteiger charge is -2.16. The average molecular weight is 281 g/mol. The molecule has 110 valence electrons. The second-order valence-corrected chi connectivity index (χ2v) is 4.05. The molecule has 0 heterocycles. The number of carbonyl (C=O) groups excluding carboxylic acids is 2. The van der Waals surface area contributed by atoms with Crippen molar-refractivity contribution >= 4 is 23.2 Å². The second kappa shape index (κ2) is 7.46. The molecule has 7 nitrogen and oxygen atoms in total. The highest BCUT2D eigenvalue weighted by Gasteiger charge is 2.17. The fourth-order valence-electron chi connectivity index (χ4n) is 1.61. The quantitative estimate of drug-likeness (QED) is 0.707. The molecule has 0 aliphatic rings. The lowest BCUT2D eigenvalue weighted by molar-refractivity contribution is -0.125. The van der Waals surface area contributed by atoms with Gasteiger partial charge >= 0.3 is 0 Å². The van der Waals surface area contributed by atoms with Crippen molar-refractivity contribution in [2.75, 3.05) is 31.4 Å². The molecule has 20 heavy (non-hydrogen) atoms. The van der Waals surface area contributed by atoms with Gasteiger partial charge in [-0.25, -0.2) is 0 Å². The monoisotopic (exact) mass is 281 g/mol. The van der Waals surface area contributed by atoms with Gasteiger partial charge in [-0.3, -0.25) is 9.59 Å². The smallest absolute Gasteiger partial charge is 0.254 e. The fraction of sp³-hybridized carbons (Fsp3) is 0.385. The molecule has 1 aromatic carbocycles. The zero-order valence-electron chi connectivity index (χ0n) is 11.7. The van der Waals surface area contributed by atoms with Crippen molar-refractivity contribution < 1.29 is 19.1 Å². The van der Waals surface area contributed by atoms with E-state index in [1.807, 2.05) is 0 Å². The summed E-state index contributed by atoms with van der Waals surface area (Å²) in [4.78, 5) is 23.0. The molecule has 0 aliphatic heterocycles. The summed E-state index contributed by atoms with van der Waals surface area (Å²) in [6.45, 7) is 1.47. The number of hydrogen-bond donors (Lipinski definition) is 3. The number of hydrogen-bond acceptors (Lipinski definition) is 5. The minimum absolute atomic E-state index is 0.0655. The van der Waals surface area contributed by atoms with Crippen LogP contribution in [0.15, 0.2) is 18.2 Å². The highest BCUT2D eigenvalue weighted by Crippen LogP contribution is 2.28. The molecule has 1 atom stereocenters. The van der Waals surface area contributed by atoms with Crippen molar-refractivity contribution in [2.45, 2.75) is 13.0 Å². The SMILES string of the molecule is COc1ccc(NC(C)=O)cc1NC(=O)C(CN)OC. The van der Waals surface area contributed by atoms with Gasteiger partial charge in [-0.15, -0.1) is 0 Å². The summed E-state index contributed by atoms with van der Waals surface area (Å²) in [5.41, 5.74) is 6.41. The summed E-state index contributed by atoms with van der Waals surface area (Å²) in [7, 11) is 2.89. The van der Waals surface area contributed by atoms with E-state index < -0.39 is 6.10 Å². The third-order valence-electron chi connectivity index (χ3n) is 2.57. The first-order valence-electron chi connectivity index (χ1n) is 6.01. The van der Waals surface area contributed by atoms with E-state index in [2.05, 4.69) is 10.6 Å². The molecule has 0 saturated carbocycles. The molecular formula is C13H19N3O4. The minimum atomic E-state index is -0.746. The summed E-state index contributed by atoms with van der Waals surface area (Å²) in [6, 6.07) is 4.92. The normalized spacial score (nSPS) is 11.6.